The Morgan fingerprint density at radius 3 is 2.55 bits per heavy atom. The maximum Gasteiger partial charge on any atom is 0.251 e. The fourth-order valence-electron chi connectivity index (χ4n) is 2.72. The summed E-state index contributed by atoms with van der Waals surface area (Å²) in [5.74, 6) is 0.133. The van der Waals surface area contributed by atoms with Crippen LogP contribution in [0.25, 0.3) is 11.0 Å². The van der Waals surface area contributed by atoms with Crippen molar-refractivity contribution in [2.45, 2.75) is 50.7 Å². The summed E-state index contributed by atoms with van der Waals surface area (Å²) in [6.07, 6.45) is 1.74. The van der Waals surface area contributed by atoms with Crippen molar-refractivity contribution < 1.29 is 9.18 Å². The highest BCUT2D eigenvalue weighted by atomic mass is 32.2. The van der Waals surface area contributed by atoms with Gasteiger partial charge in [0.25, 0.3) is 5.91 Å². The zero-order valence-electron chi connectivity index (χ0n) is 16.9. The van der Waals surface area contributed by atoms with E-state index in [2.05, 4.69) is 53.4 Å². The molecule has 3 aromatic rings. The fourth-order valence-corrected chi connectivity index (χ4v) is 3.43. The summed E-state index contributed by atoms with van der Waals surface area (Å²) in [7, 11) is 0. The molecule has 0 aliphatic rings. The molecule has 3 rings (SSSR count). The van der Waals surface area contributed by atoms with Crippen molar-refractivity contribution in [3.8, 4) is 0 Å². The van der Waals surface area contributed by atoms with Crippen LogP contribution in [0.4, 0.5) is 10.2 Å². The average molecular weight is 417 g/mol. The first-order valence-corrected chi connectivity index (χ1v) is 10.4. The number of amides is 1. The quantitative estimate of drug-likeness (QED) is 0.430. The average Bonchev–Trinajstić information content (AvgIpc) is 3.04. The predicted molar refractivity (Wildman–Crippen MR) is 114 cm³/mol. The van der Waals surface area contributed by atoms with Crippen LogP contribution < -0.4 is 10.6 Å². The van der Waals surface area contributed by atoms with Gasteiger partial charge in [-0.2, -0.15) is 5.10 Å². The van der Waals surface area contributed by atoms with E-state index in [4.69, 9.17) is 0 Å². The molecule has 0 unspecified atom stereocenters. The van der Waals surface area contributed by atoms with Gasteiger partial charge in [-0.25, -0.2) is 19.0 Å². The van der Waals surface area contributed by atoms with E-state index in [0.29, 0.717) is 29.1 Å². The summed E-state index contributed by atoms with van der Waals surface area (Å²) in [6, 6.07) is 5.68. The number of aromatic nitrogens is 4. The molecule has 7 nitrogen and oxygen atoms in total. The van der Waals surface area contributed by atoms with Crippen LogP contribution in [0.1, 0.15) is 38.1 Å². The molecular weight excluding hydrogens is 391 g/mol. The summed E-state index contributed by atoms with van der Waals surface area (Å²) in [5.41, 5.74) is 1.14. The van der Waals surface area contributed by atoms with Gasteiger partial charge in [0, 0.05) is 23.4 Å². The van der Waals surface area contributed by atoms with E-state index in [-0.39, 0.29) is 17.8 Å². The first kappa shape index (κ1) is 21.0. The number of carbonyl (C=O) groups is 1. The van der Waals surface area contributed by atoms with E-state index < -0.39 is 0 Å². The predicted octanol–water partition coefficient (Wildman–Crippen LogP) is 3.72. The molecule has 154 valence electrons. The Balaban J connectivity index is 1.76. The van der Waals surface area contributed by atoms with Crippen LogP contribution >= 0.6 is 11.8 Å². The van der Waals surface area contributed by atoms with Gasteiger partial charge in [0.1, 0.15) is 11.6 Å². The molecule has 2 N–H and O–H groups in total. The molecule has 0 saturated heterocycles. The van der Waals surface area contributed by atoms with Crippen molar-refractivity contribution in [3.63, 3.8) is 0 Å². The van der Waals surface area contributed by atoms with Gasteiger partial charge in [-0.3, -0.25) is 4.79 Å². The Morgan fingerprint density at radius 1 is 1.17 bits per heavy atom. The minimum Gasteiger partial charge on any atom is -0.367 e. The first-order valence-electron chi connectivity index (χ1n) is 9.54. The molecular formula is C20H25FN6OS. The van der Waals surface area contributed by atoms with Gasteiger partial charge >= 0.3 is 0 Å². The van der Waals surface area contributed by atoms with Gasteiger partial charge in [0.2, 0.25) is 0 Å². The molecule has 0 fully saturated rings. The number of thioether (sulfide) groups is 1. The van der Waals surface area contributed by atoms with Crippen molar-refractivity contribution in [1.29, 1.82) is 0 Å². The second-order valence-electron chi connectivity index (χ2n) is 7.19. The lowest BCUT2D eigenvalue weighted by molar-refractivity contribution is 0.0952. The molecule has 9 heteroatoms. The number of fused-ring (bicyclic) bond motifs is 1. The summed E-state index contributed by atoms with van der Waals surface area (Å²) in [6.45, 7) is 9.13. The van der Waals surface area contributed by atoms with E-state index in [1.165, 1.54) is 24.3 Å². The number of rotatable bonds is 8. The van der Waals surface area contributed by atoms with Crippen LogP contribution in [-0.2, 0) is 6.54 Å². The number of hydrogen-bond acceptors (Lipinski definition) is 6. The molecule has 0 aliphatic heterocycles. The third-order valence-electron chi connectivity index (χ3n) is 3.96. The zero-order chi connectivity index (χ0) is 21.0. The van der Waals surface area contributed by atoms with Crippen molar-refractivity contribution in [1.82, 2.24) is 25.1 Å². The van der Waals surface area contributed by atoms with Gasteiger partial charge < -0.3 is 10.6 Å². The number of anilines is 1. The molecule has 0 bridgehead atoms. The highest BCUT2D eigenvalue weighted by molar-refractivity contribution is 7.99. The standard InChI is InChI=1S/C20H25FN6OS/c1-12(2)24-17-16-11-23-27(18(16)26-20(25-17)29-13(3)4)10-9-22-19(28)14-5-7-15(21)8-6-14/h5-8,11-13H,9-10H2,1-4H3,(H,22,28)(H,24,25,26). The molecule has 2 heterocycles. The molecule has 1 aromatic carbocycles. The van der Waals surface area contributed by atoms with Gasteiger partial charge in [-0.05, 0) is 38.1 Å². The second kappa shape index (κ2) is 9.21. The van der Waals surface area contributed by atoms with E-state index in [1.54, 1.807) is 22.6 Å². The highest BCUT2D eigenvalue weighted by Crippen LogP contribution is 2.26. The smallest absolute Gasteiger partial charge is 0.251 e. The minimum atomic E-state index is -0.370. The minimum absolute atomic E-state index is 0.225. The number of nitrogens with zero attached hydrogens (tertiary/aromatic N) is 4. The Morgan fingerprint density at radius 2 is 1.90 bits per heavy atom. The third kappa shape index (κ3) is 5.44. The van der Waals surface area contributed by atoms with Crippen molar-refractivity contribution >= 4 is 34.5 Å². The maximum atomic E-state index is 13.0. The lowest BCUT2D eigenvalue weighted by Crippen LogP contribution is -2.27. The van der Waals surface area contributed by atoms with Gasteiger partial charge in [-0.15, -0.1) is 0 Å². The molecule has 29 heavy (non-hydrogen) atoms. The number of halogens is 1. The van der Waals surface area contributed by atoms with Crippen molar-refractivity contribution in [3.05, 3.63) is 41.8 Å². The molecule has 1 amide bonds. The monoisotopic (exact) mass is 416 g/mol. The fraction of sp³-hybridized carbons (Fsp3) is 0.400. The van der Waals surface area contributed by atoms with Crippen LogP contribution in [-0.4, -0.2) is 43.5 Å². The lowest BCUT2D eigenvalue weighted by atomic mass is 10.2. The second-order valence-corrected chi connectivity index (χ2v) is 8.73. The van der Waals surface area contributed by atoms with Crippen LogP contribution in [0.15, 0.2) is 35.6 Å². The van der Waals surface area contributed by atoms with Gasteiger partial charge in [-0.1, -0.05) is 25.6 Å². The maximum absolute atomic E-state index is 13.0. The van der Waals surface area contributed by atoms with Crippen LogP contribution in [0.3, 0.4) is 0 Å². The molecule has 0 radical (unpaired) electrons. The van der Waals surface area contributed by atoms with Crippen LogP contribution in [0, 0.1) is 5.82 Å². The van der Waals surface area contributed by atoms with Gasteiger partial charge in [0.05, 0.1) is 18.1 Å². The number of benzene rings is 1. The highest BCUT2D eigenvalue weighted by Gasteiger charge is 2.15. The number of carbonyl (C=O) groups excluding carboxylic acids is 1. The van der Waals surface area contributed by atoms with Crippen LogP contribution in [0.5, 0.6) is 0 Å². The Labute approximate surface area is 173 Å². The summed E-state index contributed by atoms with van der Waals surface area (Å²) in [5, 5.41) is 12.5. The van der Waals surface area contributed by atoms with Crippen molar-refractivity contribution in [2.24, 2.45) is 0 Å². The van der Waals surface area contributed by atoms with E-state index in [0.717, 1.165) is 16.9 Å². The lowest BCUT2D eigenvalue weighted by Gasteiger charge is -2.12. The Kier molecular flexibility index (Phi) is 6.68. The largest absolute Gasteiger partial charge is 0.367 e. The number of hydrogen-bond donors (Lipinski definition) is 2. The summed E-state index contributed by atoms with van der Waals surface area (Å²) in [4.78, 5) is 21.5. The van der Waals surface area contributed by atoms with Crippen LogP contribution in [0.2, 0.25) is 0 Å². The Bertz CT molecular complexity index is 987. The summed E-state index contributed by atoms with van der Waals surface area (Å²) < 4.78 is 14.8. The van der Waals surface area contributed by atoms with E-state index >= 15 is 0 Å². The Hall–Kier alpha value is -2.68. The topological polar surface area (TPSA) is 84.7 Å². The normalized spacial score (nSPS) is 11.4. The zero-order valence-corrected chi connectivity index (χ0v) is 17.8. The summed E-state index contributed by atoms with van der Waals surface area (Å²) >= 11 is 1.59. The SMILES string of the molecule is CC(C)Nc1nc(SC(C)C)nc2c1cnn2CCNC(=O)c1ccc(F)cc1. The van der Waals surface area contributed by atoms with E-state index in [9.17, 15) is 9.18 Å². The third-order valence-corrected chi connectivity index (χ3v) is 4.82. The molecule has 2 aromatic heterocycles. The van der Waals surface area contributed by atoms with E-state index in [1.807, 2.05) is 0 Å². The molecule has 0 atom stereocenters. The number of nitrogens with one attached hydrogen (secondary N) is 2. The molecule has 0 aliphatic carbocycles. The molecule has 0 spiro atoms. The van der Waals surface area contributed by atoms with Gasteiger partial charge in [0.15, 0.2) is 10.8 Å². The first-order chi connectivity index (χ1) is 13.8. The molecule has 0 saturated carbocycles. The van der Waals surface area contributed by atoms with Crippen molar-refractivity contribution in [2.75, 3.05) is 11.9 Å².